The molecule has 0 radical (unpaired) electrons. The molecule has 0 aliphatic heterocycles. The van der Waals surface area contributed by atoms with Gasteiger partial charge in [0.25, 0.3) is 5.91 Å². The van der Waals surface area contributed by atoms with E-state index in [2.05, 4.69) is 5.32 Å². The van der Waals surface area contributed by atoms with E-state index in [0.717, 1.165) is 11.6 Å². The van der Waals surface area contributed by atoms with E-state index >= 15 is 0 Å². The van der Waals surface area contributed by atoms with Gasteiger partial charge in [0.2, 0.25) is 0 Å². The van der Waals surface area contributed by atoms with E-state index in [0.29, 0.717) is 0 Å². The lowest BCUT2D eigenvalue weighted by Gasteiger charge is -2.29. The molecule has 21 heavy (non-hydrogen) atoms. The fourth-order valence-electron chi connectivity index (χ4n) is 2.00. The normalized spacial score (nSPS) is 13.5. The lowest BCUT2D eigenvalue weighted by molar-refractivity contribution is 0.0849. The summed E-state index contributed by atoms with van der Waals surface area (Å²) >= 11 is 5.88. The molecule has 0 fully saturated rings. The molecule has 1 amide bonds. The molecule has 2 aromatic rings. The Kier molecular flexibility index (Phi) is 4.60. The third-order valence-corrected chi connectivity index (χ3v) is 3.61. The van der Waals surface area contributed by atoms with E-state index in [1.807, 2.05) is 30.3 Å². The molecule has 0 saturated carbocycles. The highest BCUT2D eigenvalue weighted by Gasteiger charge is 2.28. The molecule has 1 atom stereocenters. The van der Waals surface area contributed by atoms with Crippen LogP contribution < -0.4 is 5.32 Å². The molecule has 0 bridgehead atoms. The minimum Gasteiger partial charge on any atom is -0.394 e. The number of halogens is 2. The van der Waals surface area contributed by atoms with Crippen LogP contribution in [-0.2, 0) is 5.54 Å². The van der Waals surface area contributed by atoms with Crippen molar-refractivity contribution in [3.63, 3.8) is 0 Å². The van der Waals surface area contributed by atoms with Gasteiger partial charge >= 0.3 is 0 Å². The molecule has 2 rings (SSSR count). The third kappa shape index (κ3) is 3.40. The Morgan fingerprint density at radius 2 is 1.95 bits per heavy atom. The Hall–Kier alpha value is -1.91. The second kappa shape index (κ2) is 6.24. The number of hydrogen-bond acceptors (Lipinski definition) is 2. The number of benzene rings is 2. The van der Waals surface area contributed by atoms with Crippen molar-refractivity contribution in [3.8, 4) is 0 Å². The van der Waals surface area contributed by atoms with Crippen LogP contribution in [0.1, 0.15) is 22.8 Å². The van der Waals surface area contributed by atoms with Crippen LogP contribution in [0.4, 0.5) is 4.39 Å². The van der Waals surface area contributed by atoms with E-state index in [9.17, 15) is 14.3 Å². The maximum absolute atomic E-state index is 13.0. The summed E-state index contributed by atoms with van der Waals surface area (Å²) in [6.07, 6.45) is 0. The second-order valence-corrected chi connectivity index (χ2v) is 5.34. The minimum atomic E-state index is -0.948. The van der Waals surface area contributed by atoms with Crippen LogP contribution in [-0.4, -0.2) is 17.6 Å². The van der Waals surface area contributed by atoms with Gasteiger partial charge in [0.1, 0.15) is 5.82 Å². The highest BCUT2D eigenvalue weighted by molar-refractivity contribution is 6.33. The smallest absolute Gasteiger partial charge is 0.253 e. The van der Waals surface area contributed by atoms with Gasteiger partial charge in [0, 0.05) is 0 Å². The van der Waals surface area contributed by atoms with Crippen LogP contribution in [0.5, 0.6) is 0 Å². The van der Waals surface area contributed by atoms with E-state index in [1.54, 1.807) is 6.92 Å². The van der Waals surface area contributed by atoms with Crippen molar-refractivity contribution >= 4 is 17.5 Å². The first-order valence-electron chi connectivity index (χ1n) is 6.40. The zero-order valence-corrected chi connectivity index (χ0v) is 12.2. The molecule has 0 aliphatic rings. The summed E-state index contributed by atoms with van der Waals surface area (Å²) in [4.78, 5) is 12.3. The molecule has 0 aliphatic carbocycles. The number of hydrogen-bond donors (Lipinski definition) is 2. The molecule has 0 spiro atoms. The Balaban J connectivity index is 2.28. The van der Waals surface area contributed by atoms with Crippen molar-refractivity contribution in [2.45, 2.75) is 12.5 Å². The predicted octanol–water partition coefficient (Wildman–Crippen LogP) is 3.12. The quantitative estimate of drug-likeness (QED) is 0.912. The van der Waals surface area contributed by atoms with Gasteiger partial charge in [-0.2, -0.15) is 0 Å². The van der Waals surface area contributed by atoms with Crippen LogP contribution in [0.2, 0.25) is 5.02 Å². The van der Waals surface area contributed by atoms with Gasteiger partial charge < -0.3 is 10.4 Å². The lowest BCUT2D eigenvalue weighted by atomic mass is 9.92. The average molecular weight is 308 g/mol. The SMILES string of the molecule is CC(CO)(NC(=O)c1ccc(F)cc1Cl)c1ccccc1. The second-order valence-electron chi connectivity index (χ2n) is 4.93. The van der Waals surface area contributed by atoms with E-state index in [4.69, 9.17) is 11.6 Å². The summed E-state index contributed by atoms with van der Waals surface area (Å²) in [6.45, 7) is 1.43. The molecule has 0 saturated heterocycles. The van der Waals surface area contributed by atoms with Crippen LogP contribution in [0.15, 0.2) is 48.5 Å². The molecule has 1 unspecified atom stereocenters. The highest BCUT2D eigenvalue weighted by Crippen LogP contribution is 2.23. The van der Waals surface area contributed by atoms with Crippen molar-refractivity contribution in [1.82, 2.24) is 5.32 Å². The minimum absolute atomic E-state index is 0.0286. The summed E-state index contributed by atoms with van der Waals surface area (Å²) in [5, 5.41) is 12.4. The van der Waals surface area contributed by atoms with E-state index < -0.39 is 17.3 Å². The summed E-state index contributed by atoms with van der Waals surface area (Å²) < 4.78 is 13.0. The number of amides is 1. The topological polar surface area (TPSA) is 49.3 Å². The van der Waals surface area contributed by atoms with Crippen LogP contribution in [0, 0.1) is 5.82 Å². The van der Waals surface area contributed by atoms with Crippen molar-refractivity contribution in [2.75, 3.05) is 6.61 Å². The molecular formula is C16H15ClFNO2. The average Bonchev–Trinajstić information content (AvgIpc) is 2.47. The van der Waals surface area contributed by atoms with Crippen molar-refractivity contribution in [2.24, 2.45) is 0 Å². The highest BCUT2D eigenvalue weighted by atomic mass is 35.5. The van der Waals surface area contributed by atoms with Crippen molar-refractivity contribution in [1.29, 1.82) is 0 Å². The first kappa shape index (κ1) is 15.5. The summed E-state index contributed by atoms with van der Waals surface area (Å²) in [5.74, 6) is -0.982. The predicted molar refractivity (Wildman–Crippen MR) is 79.8 cm³/mol. The van der Waals surface area contributed by atoms with Gasteiger partial charge in [0.15, 0.2) is 0 Å². The first-order chi connectivity index (χ1) is 9.96. The van der Waals surface area contributed by atoms with Gasteiger partial charge in [-0.25, -0.2) is 4.39 Å². The maximum Gasteiger partial charge on any atom is 0.253 e. The molecule has 2 aromatic carbocycles. The Morgan fingerprint density at radius 1 is 1.29 bits per heavy atom. The molecule has 0 aromatic heterocycles. The van der Waals surface area contributed by atoms with E-state index in [-0.39, 0.29) is 17.2 Å². The van der Waals surface area contributed by atoms with Gasteiger partial charge in [-0.1, -0.05) is 41.9 Å². The molecule has 2 N–H and O–H groups in total. The summed E-state index contributed by atoms with van der Waals surface area (Å²) in [7, 11) is 0. The van der Waals surface area contributed by atoms with Gasteiger partial charge in [-0.3, -0.25) is 4.79 Å². The summed E-state index contributed by atoms with van der Waals surface area (Å²) in [5.41, 5.74) is -0.0245. The Morgan fingerprint density at radius 3 is 2.52 bits per heavy atom. The van der Waals surface area contributed by atoms with Gasteiger partial charge in [-0.05, 0) is 30.7 Å². The number of carbonyl (C=O) groups is 1. The monoisotopic (exact) mass is 307 g/mol. The fraction of sp³-hybridized carbons (Fsp3) is 0.188. The number of aliphatic hydroxyl groups excluding tert-OH is 1. The van der Waals surface area contributed by atoms with Crippen LogP contribution in [0.3, 0.4) is 0 Å². The van der Waals surface area contributed by atoms with Gasteiger partial charge in [-0.15, -0.1) is 0 Å². The third-order valence-electron chi connectivity index (χ3n) is 3.29. The van der Waals surface area contributed by atoms with E-state index in [1.165, 1.54) is 12.1 Å². The zero-order chi connectivity index (χ0) is 15.5. The fourth-order valence-corrected chi connectivity index (χ4v) is 2.25. The van der Waals surface area contributed by atoms with Crippen molar-refractivity contribution in [3.05, 3.63) is 70.5 Å². The number of aliphatic hydroxyl groups is 1. The summed E-state index contributed by atoms with van der Waals surface area (Å²) in [6, 6.07) is 12.7. The number of rotatable bonds is 4. The lowest BCUT2D eigenvalue weighted by Crippen LogP contribution is -2.46. The number of carbonyl (C=O) groups excluding carboxylic acids is 1. The van der Waals surface area contributed by atoms with Gasteiger partial charge in [0.05, 0.1) is 22.7 Å². The Bertz CT molecular complexity index is 648. The molecular weight excluding hydrogens is 293 g/mol. The van der Waals surface area contributed by atoms with Crippen LogP contribution >= 0.6 is 11.6 Å². The standard InChI is InChI=1S/C16H15ClFNO2/c1-16(10-20,11-5-3-2-4-6-11)19-15(21)13-8-7-12(18)9-14(13)17/h2-9,20H,10H2,1H3,(H,19,21). The largest absolute Gasteiger partial charge is 0.394 e. The number of nitrogens with one attached hydrogen (secondary N) is 1. The van der Waals surface area contributed by atoms with Crippen molar-refractivity contribution < 1.29 is 14.3 Å². The first-order valence-corrected chi connectivity index (χ1v) is 6.78. The van der Waals surface area contributed by atoms with Crippen LogP contribution in [0.25, 0.3) is 0 Å². The molecule has 0 heterocycles. The zero-order valence-electron chi connectivity index (χ0n) is 11.4. The molecule has 3 nitrogen and oxygen atoms in total. The molecule has 110 valence electrons. The Labute approximate surface area is 127 Å². The molecule has 5 heteroatoms. The maximum atomic E-state index is 13.0.